The van der Waals surface area contributed by atoms with Crippen LogP contribution in [0.3, 0.4) is 0 Å². The van der Waals surface area contributed by atoms with Crippen LogP contribution in [-0.2, 0) is 0 Å². The second-order valence-corrected chi connectivity index (χ2v) is 1.39. The average molecular weight is 144 g/mol. The van der Waals surface area contributed by atoms with Crippen molar-refractivity contribution in [3.63, 3.8) is 0 Å². The molecule has 1 amide bonds. The van der Waals surface area contributed by atoms with Crippen LogP contribution in [0.25, 0.3) is 0 Å². The maximum absolute atomic E-state index is 10.4. The van der Waals surface area contributed by atoms with Crippen LogP contribution in [-0.4, -0.2) is 21.3 Å². The van der Waals surface area contributed by atoms with E-state index < -0.39 is 5.91 Å². The Labute approximate surface area is 54.8 Å². The molecule has 0 bridgehead atoms. The molecule has 1 aromatic rings. The minimum absolute atomic E-state index is 0.224. The Morgan fingerprint density at radius 1 is 1.70 bits per heavy atom. The fraction of sp³-hybridized carbons (Fsp3) is 0. The lowest BCUT2D eigenvalue weighted by Crippen LogP contribution is -2.18. The molecular weight excluding hydrogens is 140 g/mol. The molecule has 0 aliphatic rings. The Morgan fingerprint density at radius 3 is 2.80 bits per heavy atom. The van der Waals surface area contributed by atoms with Crippen LogP contribution >= 0.6 is 0 Å². The molecule has 0 saturated carbocycles. The molecule has 10 heavy (non-hydrogen) atoms. The van der Waals surface area contributed by atoms with Crippen LogP contribution in [0.2, 0.25) is 0 Å². The second-order valence-electron chi connectivity index (χ2n) is 1.39. The van der Waals surface area contributed by atoms with E-state index in [2.05, 4.69) is 14.6 Å². The summed E-state index contributed by atoms with van der Waals surface area (Å²) in [5.74, 6) is -1.26. The number of anilines is 1. The minimum Gasteiger partial charge on any atom is -0.399 e. The van der Waals surface area contributed by atoms with E-state index in [-0.39, 0.29) is 11.9 Å². The first-order valence-electron chi connectivity index (χ1n) is 2.27. The summed E-state index contributed by atoms with van der Waals surface area (Å²) in [6, 6.07) is -0.224. The van der Waals surface area contributed by atoms with Crippen molar-refractivity contribution < 1.29 is 14.4 Å². The third kappa shape index (κ3) is 1.03. The first kappa shape index (κ1) is 6.49. The van der Waals surface area contributed by atoms with Gasteiger partial charge in [-0.1, -0.05) is 5.10 Å². The number of rotatable bonds is 1. The van der Waals surface area contributed by atoms with Gasteiger partial charge in [-0.25, -0.2) is 5.48 Å². The lowest BCUT2D eigenvalue weighted by Gasteiger charge is -1.86. The van der Waals surface area contributed by atoms with Gasteiger partial charge in [-0.05, 0) is 0 Å². The number of hydrogen-bond acceptors (Lipinski definition) is 6. The molecule has 0 saturated heterocycles. The van der Waals surface area contributed by atoms with Gasteiger partial charge in [0.15, 0.2) is 0 Å². The third-order valence-electron chi connectivity index (χ3n) is 0.736. The first-order valence-corrected chi connectivity index (χ1v) is 2.27. The topological polar surface area (TPSA) is 114 Å². The standard InChI is InChI=1S/C3H4N4O3/c4-3-6-5-2(10-3)1(8)7-9/h9H,(H2,4,6)(H,7,8). The molecule has 1 rings (SSSR count). The number of hydrogen-bond donors (Lipinski definition) is 3. The van der Waals surface area contributed by atoms with E-state index in [0.29, 0.717) is 0 Å². The van der Waals surface area contributed by atoms with Gasteiger partial charge < -0.3 is 10.2 Å². The number of nitrogen functional groups attached to an aromatic ring is 1. The SMILES string of the molecule is Nc1nnc(C(=O)NO)o1. The Hall–Kier alpha value is -1.63. The van der Waals surface area contributed by atoms with Gasteiger partial charge in [0.05, 0.1) is 0 Å². The summed E-state index contributed by atoms with van der Waals surface area (Å²) in [7, 11) is 0. The summed E-state index contributed by atoms with van der Waals surface area (Å²) in [4.78, 5) is 10.4. The van der Waals surface area contributed by atoms with Crippen molar-refractivity contribution in [2.45, 2.75) is 0 Å². The largest absolute Gasteiger partial charge is 0.399 e. The van der Waals surface area contributed by atoms with E-state index in [1.54, 1.807) is 0 Å². The van der Waals surface area contributed by atoms with Gasteiger partial charge >= 0.3 is 17.8 Å². The quantitative estimate of drug-likeness (QED) is 0.336. The number of nitrogens with two attached hydrogens (primary N) is 1. The summed E-state index contributed by atoms with van der Waals surface area (Å²) in [5, 5.41) is 14.4. The van der Waals surface area contributed by atoms with Crippen LogP contribution in [0, 0.1) is 0 Å². The molecule has 0 aliphatic heterocycles. The lowest BCUT2D eigenvalue weighted by molar-refractivity contribution is 0.0669. The van der Waals surface area contributed by atoms with Crippen molar-refractivity contribution in [1.82, 2.24) is 15.7 Å². The third-order valence-corrected chi connectivity index (χ3v) is 0.736. The van der Waals surface area contributed by atoms with Gasteiger partial charge in [0.25, 0.3) is 0 Å². The predicted molar refractivity (Wildman–Crippen MR) is 28.0 cm³/mol. The molecule has 0 radical (unpaired) electrons. The molecule has 7 heteroatoms. The van der Waals surface area contributed by atoms with E-state index in [1.165, 1.54) is 5.48 Å². The maximum atomic E-state index is 10.4. The predicted octanol–water partition coefficient (Wildman–Crippen LogP) is -1.23. The molecule has 0 aromatic carbocycles. The number of aromatic nitrogens is 2. The summed E-state index contributed by atoms with van der Waals surface area (Å²) in [6.45, 7) is 0. The van der Waals surface area contributed by atoms with Gasteiger partial charge in [-0.15, -0.1) is 5.10 Å². The Kier molecular flexibility index (Phi) is 1.50. The van der Waals surface area contributed by atoms with Crippen molar-refractivity contribution in [3.05, 3.63) is 5.89 Å². The average Bonchev–Trinajstić information content (AvgIpc) is 2.34. The van der Waals surface area contributed by atoms with Crippen molar-refractivity contribution in [2.24, 2.45) is 0 Å². The molecule has 0 fully saturated rings. The number of hydroxylamine groups is 1. The zero-order valence-electron chi connectivity index (χ0n) is 4.74. The molecule has 0 atom stereocenters. The second kappa shape index (κ2) is 2.31. The van der Waals surface area contributed by atoms with E-state index in [1.807, 2.05) is 0 Å². The fourth-order valence-corrected chi connectivity index (χ4v) is 0.374. The van der Waals surface area contributed by atoms with Crippen LogP contribution in [0.1, 0.15) is 10.7 Å². The highest BCUT2D eigenvalue weighted by Gasteiger charge is 2.11. The summed E-state index contributed by atoms with van der Waals surface area (Å²) in [6.07, 6.45) is 0. The van der Waals surface area contributed by atoms with Crippen molar-refractivity contribution in [1.29, 1.82) is 0 Å². The monoisotopic (exact) mass is 144 g/mol. The Morgan fingerprint density at radius 2 is 2.40 bits per heavy atom. The number of nitrogens with zero attached hydrogens (tertiary/aromatic N) is 2. The molecule has 7 nitrogen and oxygen atoms in total. The van der Waals surface area contributed by atoms with Crippen LogP contribution in [0.15, 0.2) is 4.42 Å². The lowest BCUT2D eigenvalue weighted by atomic mass is 10.6. The van der Waals surface area contributed by atoms with Gasteiger partial charge in [-0.3, -0.25) is 10.0 Å². The molecule has 1 aromatic heterocycles. The molecule has 0 unspecified atom stereocenters. The molecule has 1 heterocycles. The molecule has 0 aliphatic carbocycles. The van der Waals surface area contributed by atoms with Crippen molar-refractivity contribution in [3.8, 4) is 0 Å². The van der Waals surface area contributed by atoms with Crippen LogP contribution < -0.4 is 11.2 Å². The zero-order chi connectivity index (χ0) is 7.56. The normalized spacial score (nSPS) is 9.30. The smallest absolute Gasteiger partial charge is 0.332 e. The molecule has 0 spiro atoms. The van der Waals surface area contributed by atoms with Crippen LogP contribution in [0.5, 0.6) is 0 Å². The number of amides is 1. The first-order chi connectivity index (χ1) is 4.74. The fourth-order valence-electron chi connectivity index (χ4n) is 0.374. The zero-order valence-corrected chi connectivity index (χ0v) is 4.74. The summed E-state index contributed by atoms with van der Waals surface area (Å²) >= 11 is 0. The summed E-state index contributed by atoms with van der Waals surface area (Å²) < 4.78 is 4.42. The molecule has 54 valence electrons. The Bertz CT molecular complexity index is 244. The number of carbonyl (C=O) groups is 1. The highest BCUT2D eigenvalue weighted by atomic mass is 16.5. The van der Waals surface area contributed by atoms with Gasteiger partial charge in [0, 0.05) is 0 Å². The van der Waals surface area contributed by atoms with Gasteiger partial charge in [0.1, 0.15) is 0 Å². The van der Waals surface area contributed by atoms with E-state index in [4.69, 9.17) is 10.9 Å². The number of nitrogens with one attached hydrogen (secondary N) is 1. The highest BCUT2D eigenvalue weighted by Crippen LogP contribution is 1.98. The van der Waals surface area contributed by atoms with E-state index in [0.717, 1.165) is 0 Å². The Balaban J connectivity index is 2.85. The van der Waals surface area contributed by atoms with Crippen molar-refractivity contribution in [2.75, 3.05) is 5.73 Å². The minimum atomic E-state index is -0.885. The van der Waals surface area contributed by atoms with Gasteiger partial charge in [-0.2, -0.15) is 0 Å². The van der Waals surface area contributed by atoms with E-state index >= 15 is 0 Å². The van der Waals surface area contributed by atoms with E-state index in [9.17, 15) is 4.79 Å². The summed E-state index contributed by atoms with van der Waals surface area (Å²) in [5.41, 5.74) is 6.27. The number of carbonyl (C=O) groups excluding carboxylic acids is 1. The highest BCUT2D eigenvalue weighted by molar-refractivity contribution is 5.88. The maximum Gasteiger partial charge on any atom is 0.332 e. The van der Waals surface area contributed by atoms with Crippen molar-refractivity contribution >= 4 is 11.9 Å². The molecule has 4 N–H and O–H groups in total. The van der Waals surface area contributed by atoms with Crippen LogP contribution in [0.4, 0.5) is 6.01 Å². The van der Waals surface area contributed by atoms with Gasteiger partial charge in [0.2, 0.25) is 0 Å². The molecular formula is C3H4N4O3.